The van der Waals surface area contributed by atoms with Gasteiger partial charge < -0.3 is 20.4 Å². The molecule has 0 aliphatic carbocycles. The largest absolute Gasteiger partial charge is 0.507 e. The highest BCUT2D eigenvalue weighted by atomic mass is 32.2. The van der Waals surface area contributed by atoms with E-state index in [2.05, 4.69) is 14.9 Å². The number of hydrazine groups is 1. The number of benzene rings is 6. The first kappa shape index (κ1) is 35.0. The second-order valence-electron chi connectivity index (χ2n) is 11.3. The number of carboxylic acid groups (broad SMARTS) is 2. The van der Waals surface area contributed by atoms with Crippen molar-refractivity contribution in [2.24, 2.45) is 0 Å². The van der Waals surface area contributed by atoms with Crippen molar-refractivity contribution in [2.45, 2.75) is 9.79 Å². The van der Waals surface area contributed by atoms with Gasteiger partial charge in [-0.1, -0.05) is 12.1 Å². The van der Waals surface area contributed by atoms with Crippen molar-refractivity contribution in [3.63, 3.8) is 0 Å². The third kappa shape index (κ3) is 7.21. The number of aromatic hydroxyl groups is 2. The van der Waals surface area contributed by atoms with Gasteiger partial charge in [0, 0.05) is 34.3 Å². The van der Waals surface area contributed by atoms with Crippen LogP contribution in [0.2, 0.25) is 0 Å². The zero-order valence-corrected chi connectivity index (χ0v) is 28.0. The van der Waals surface area contributed by atoms with Crippen molar-refractivity contribution >= 4 is 82.7 Å². The average molecular weight is 743 g/mol. The van der Waals surface area contributed by atoms with E-state index in [-0.39, 0.29) is 76.7 Å². The van der Waals surface area contributed by atoms with Gasteiger partial charge in [-0.05, 0) is 95.7 Å². The van der Waals surface area contributed by atoms with Crippen LogP contribution in [0.3, 0.4) is 0 Å². The van der Waals surface area contributed by atoms with E-state index in [9.17, 15) is 51.6 Å². The first-order chi connectivity index (χ1) is 24.6. The third-order valence-corrected chi connectivity index (χ3v) is 10.5. The quantitative estimate of drug-likeness (QED) is 0.0617. The lowest BCUT2D eigenvalue weighted by Gasteiger charge is -2.21. The summed E-state index contributed by atoms with van der Waals surface area (Å²) >= 11 is 0. The summed E-state index contributed by atoms with van der Waals surface area (Å²) in [5.74, 6) is -3.23. The molecule has 6 rings (SSSR count). The molecule has 264 valence electrons. The van der Waals surface area contributed by atoms with E-state index in [4.69, 9.17) is 0 Å². The molecule has 0 saturated carbocycles. The van der Waals surface area contributed by atoms with E-state index < -0.39 is 32.0 Å². The first-order valence-electron chi connectivity index (χ1n) is 14.9. The lowest BCUT2D eigenvalue weighted by Crippen LogP contribution is -2.27. The van der Waals surface area contributed by atoms with Crippen molar-refractivity contribution in [1.29, 1.82) is 0 Å². The molecule has 0 atom stereocenters. The SMILES string of the molecule is O=CN(Nc1ccc2c(O)cc(S(=O)(=O)Nc3cccc(C(=O)O)c3)cc2c1)c1ccc2c(O)cc(S(=O)(=O)Nc3cccc(C(=O)O)c3)cc2c1. The fourth-order valence-electron chi connectivity index (χ4n) is 5.31. The number of amides is 1. The normalized spacial score (nSPS) is 11.5. The molecule has 0 aliphatic heterocycles. The van der Waals surface area contributed by atoms with Gasteiger partial charge in [0.25, 0.3) is 20.0 Å². The molecule has 0 fully saturated rings. The maximum Gasteiger partial charge on any atom is 0.335 e. The molecule has 0 spiro atoms. The van der Waals surface area contributed by atoms with Gasteiger partial charge in [-0.2, -0.15) is 0 Å². The number of fused-ring (bicyclic) bond motifs is 2. The number of nitrogens with one attached hydrogen (secondary N) is 3. The van der Waals surface area contributed by atoms with Gasteiger partial charge >= 0.3 is 11.9 Å². The van der Waals surface area contributed by atoms with E-state index in [0.29, 0.717) is 6.41 Å². The lowest BCUT2D eigenvalue weighted by atomic mass is 10.1. The molecule has 6 aromatic carbocycles. The van der Waals surface area contributed by atoms with Gasteiger partial charge in [0.15, 0.2) is 0 Å². The summed E-state index contributed by atoms with van der Waals surface area (Å²) in [5, 5.41) is 41.9. The van der Waals surface area contributed by atoms with E-state index in [1.807, 2.05) is 0 Å². The van der Waals surface area contributed by atoms with Gasteiger partial charge in [0.1, 0.15) is 11.5 Å². The zero-order valence-electron chi connectivity index (χ0n) is 26.4. The van der Waals surface area contributed by atoms with Crippen molar-refractivity contribution in [3.05, 3.63) is 120 Å². The van der Waals surface area contributed by atoms with Crippen molar-refractivity contribution in [2.75, 3.05) is 19.9 Å². The number of phenolic OH excluding ortho intramolecular Hbond substituents is 2. The highest BCUT2D eigenvalue weighted by Gasteiger charge is 2.20. The molecule has 1 amide bonds. The maximum absolute atomic E-state index is 13.2. The van der Waals surface area contributed by atoms with Crippen molar-refractivity contribution in [1.82, 2.24) is 0 Å². The molecule has 7 N–H and O–H groups in total. The Morgan fingerprint density at radius 3 is 1.54 bits per heavy atom. The van der Waals surface area contributed by atoms with Crippen LogP contribution in [-0.2, 0) is 24.8 Å². The molecule has 0 aromatic heterocycles. The Bertz CT molecular complexity index is 2670. The number of carbonyl (C=O) groups excluding carboxylic acids is 1. The summed E-state index contributed by atoms with van der Waals surface area (Å²) in [6.45, 7) is 0. The number of sulfonamides is 2. The molecular weight excluding hydrogens is 717 g/mol. The average Bonchev–Trinajstić information content (AvgIpc) is 3.10. The number of hydrogen-bond donors (Lipinski definition) is 7. The van der Waals surface area contributed by atoms with E-state index >= 15 is 0 Å². The molecule has 17 heteroatoms. The predicted molar refractivity (Wildman–Crippen MR) is 192 cm³/mol. The molecular formula is C35H26N4O11S2. The Labute approximate surface area is 295 Å². The summed E-state index contributed by atoms with van der Waals surface area (Å²) in [6.07, 6.45) is 0.427. The van der Waals surface area contributed by atoms with Crippen LogP contribution in [0.15, 0.2) is 119 Å². The standard InChI is InChI=1S/C35H26N4O11S2/c40-19-39(27-8-10-31-23(14-27)16-29(18-33(31)42)52(49,50)38-26-6-2-4-21(12-26)35(45)46)36-24-7-9-30-22(13-24)15-28(17-32(30)41)51(47,48)37-25-5-1-3-20(11-25)34(43)44/h1-19,36-38,41-42H,(H,43,44)(H,45,46). The Hall–Kier alpha value is -6.85. The number of nitrogens with zero attached hydrogens (tertiary/aromatic N) is 1. The minimum atomic E-state index is -4.31. The molecule has 52 heavy (non-hydrogen) atoms. The summed E-state index contributed by atoms with van der Waals surface area (Å²) < 4.78 is 57.4. The van der Waals surface area contributed by atoms with Gasteiger partial charge in [0.2, 0.25) is 6.41 Å². The topological polar surface area (TPSA) is 240 Å². The number of aromatic carboxylic acids is 2. The number of carboxylic acids is 2. The lowest BCUT2D eigenvalue weighted by molar-refractivity contribution is -0.107. The Kier molecular flexibility index (Phi) is 9.06. The van der Waals surface area contributed by atoms with Crippen LogP contribution in [-0.4, -0.2) is 55.6 Å². The molecule has 0 saturated heterocycles. The number of carbonyl (C=O) groups is 3. The zero-order chi connectivity index (χ0) is 37.4. The molecule has 15 nitrogen and oxygen atoms in total. The third-order valence-electron chi connectivity index (χ3n) is 7.77. The highest BCUT2D eigenvalue weighted by Crippen LogP contribution is 2.34. The van der Waals surface area contributed by atoms with Crippen LogP contribution in [0.4, 0.5) is 22.7 Å². The van der Waals surface area contributed by atoms with Gasteiger partial charge in [-0.25, -0.2) is 31.4 Å². The van der Waals surface area contributed by atoms with Gasteiger partial charge in [-0.15, -0.1) is 0 Å². The number of anilines is 4. The number of rotatable bonds is 12. The van der Waals surface area contributed by atoms with Crippen LogP contribution in [0.5, 0.6) is 11.5 Å². The Morgan fingerprint density at radius 1 is 0.577 bits per heavy atom. The summed E-state index contributed by atoms with van der Waals surface area (Å²) in [6, 6.07) is 23.8. The van der Waals surface area contributed by atoms with E-state index in [1.165, 1.54) is 84.9 Å². The molecule has 0 aliphatic rings. The molecule has 0 unspecified atom stereocenters. The highest BCUT2D eigenvalue weighted by molar-refractivity contribution is 7.93. The molecule has 0 bridgehead atoms. The monoisotopic (exact) mass is 742 g/mol. The van der Waals surface area contributed by atoms with Crippen LogP contribution in [0, 0.1) is 0 Å². The molecule has 6 aromatic rings. The summed E-state index contributed by atoms with van der Waals surface area (Å²) in [5.41, 5.74) is 3.06. The minimum Gasteiger partial charge on any atom is -0.507 e. The van der Waals surface area contributed by atoms with Crippen LogP contribution in [0.25, 0.3) is 21.5 Å². The van der Waals surface area contributed by atoms with Crippen molar-refractivity contribution in [3.8, 4) is 11.5 Å². The second-order valence-corrected chi connectivity index (χ2v) is 14.7. The first-order valence-corrected chi connectivity index (χ1v) is 17.9. The van der Waals surface area contributed by atoms with E-state index in [0.717, 1.165) is 29.3 Å². The fraction of sp³-hybridized carbons (Fsp3) is 0. The number of phenols is 2. The van der Waals surface area contributed by atoms with Crippen LogP contribution >= 0.6 is 0 Å². The smallest absolute Gasteiger partial charge is 0.335 e. The molecule has 0 heterocycles. The van der Waals surface area contributed by atoms with Crippen LogP contribution in [0.1, 0.15) is 20.7 Å². The summed E-state index contributed by atoms with van der Waals surface area (Å²) in [7, 11) is -8.61. The fourth-order valence-corrected chi connectivity index (χ4v) is 7.52. The van der Waals surface area contributed by atoms with Gasteiger partial charge in [0.05, 0.1) is 32.3 Å². The molecule has 0 radical (unpaired) electrons. The Morgan fingerprint density at radius 2 is 1.06 bits per heavy atom. The minimum absolute atomic E-state index is 0.00765. The van der Waals surface area contributed by atoms with Crippen LogP contribution < -0.4 is 19.9 Å². The predicted octanol–water partition coefficient (Wildman–Crippen LogP) is 5.39. The van der Waals surface area contributed by atoms with E-state index in [1.54, 1.807) is 0 Å². The maximum atomic E-state index is 13.2. The van der Waals surface area contributed by atoms with Gasteiger partial charge in [-0.3, -0.25) is 19.7 Å². The Balaban J connectivity index is 1.28. The number of hydrogen-bond acceptors (Lipinski definition) is 10. The summed E-state index contributed by atoms with van der Waals surface area (Å²) in [4.78, 5) is 34.2. The van der Waals surface area contributed by atoms with Crippen molar-refractivity contribution < 1.29 is 51.6 Å². The second kappa shape index (κ2) is 13.5.